The molecule has 0 bridgehead atoms. The van der Waals surface area contributed by atoms with Gasteiger partial charge >= 0.3 is 0 Å². The highest BCUT2D eigenvalue weighted by atomic mass is 16.5. The third-order valence-corrected chi connectivity index (χ3v) is 4.59. The number of carbonyl (C=O) groups is 3. The minimum atomic E-state index is -0.526. The molecular formula is C20H23N3O5. The van der Waals surface area contributed by atoms with E-state index in [1.54, 1.807) is 17.0 Å². The molecule has 0 aliphatic carbocycles. The lowest BCUT2D eigenvalue weighted by Crippen LogP contribution is -2.46. The number of rotatable bonds is 6. The van der Waals surface area contributed by atoms with Crippen molar-refractivity contribution in [3.63, 3.8) is 0 Å². The number of likely N-dealkylation sites (tertiary alicyclic amines) is 1. The van der Waals surface area contributed by atoms with E-state index in [-0.39, 0.29) is 25.5 Å². The maximum atomic E-state index is 12.3. The Kier molecular flexibility index (Phi) is 5.98. The van der Waals surface area contributed by atoms with Crippen molar-refractivity contribution in [1.82, 2.24) is 15.8 Å². The van der Waals surface area contributed by atoms with Crippen LogP contribution in [0.15, 0.2) is 41.0 Å². The zero-order valence-electron chi connectivity index (χ0n) is 15.9. The first-order valence-corrected chi connectivity index (χ1v) is 9.02. The van der Waals surface area contributed by atoms with E-state index in [1.807, 2.05) is 32.0 Å². The Hall–Kier alpha value is -3.29. The SMILES string of the molecule is Cc1cccc(C)c1OCC(=O)NNC(=O)C1CC(=O)N(Cc2ccco2)C1. The second-order valence-electron chi connectivity index (χ2n) is 6.80. The van der Waals surface area contributed by atoms with E-state index in [9.17, 15) is 14.4 Å². The van der Waals surface area contributed by atoms with Crippen molar-refractivity contribution in [2.45, 2.75) is 26.8 Å². The normalized spacial score (nSPS) is 16.1. The van der Waals surface area contributed by atoms with Crippen molar-refractivity contribution in [2.24, 2.45) is 5.92 Å². The molecule has 3 amide bonds. The summed E-state index contributed by atoms with van der Waals surface area (Å²) in [6, 6.07) is 9.23. The van der Waals surface area contributed by atoms with Gasteiger partial charge in [0.05, 0.1) is 18.7 Å². The van der Waals surface area contributed by atoms with Crippen molar-refractivity contribution in [2.75, 3.05) is 13.2 Å². The Morgan fingerprint density at radius 2 is 1.93 bits per heavy atom. The van der Waals surface area contributed by atoms with Crippen LogP contribution < -0.4 is 15.6 Å². The van der Waals surface area contributed by atoms with E-state index in [0.29, 0.717) is 18.1 Å². The number of carbonyl (C=O) groups excluding carboxylic acids is 3. The topological polar surface area (TPSA) is 101 Å². The number of para-hydroxylation sites is 1. The van der Waals surface area contributed by atoms with Gasteiger partial charge in [0.25, 0.3) is 5.91 Å². The first kappa shape index (κ1) is 19.5. The number of hydrogen-bond acceptors (Lipinski definition) is 5. The molecule has 8 nitrogen and oxygen atoms in total. The molecule has 0 radical (unpaired) electrons. The fourth-order valence-corrected chi connectivity index (χ4v) is 3.13. The van der Waals surface area contributed by atoms with Gasteiger partial charge in [0, 0.05) is 13.0 Å². The minimum Gasteiger partial charge on any atom is -0.483 e. The van der Waals surface area contributed by atoms with Gasteiger partial charge in [-0.1, -0.05) is 18.2 Å². The molecule has 2 N–H and O–H groups in total. The number of furan rings is 1. The summed E-state index contributed by atoms with van der Waals surface area (Å²) in [4.78, 5) is 37.9. The summed E-state index contributed by atoms with van der Waals surface area (Å²) < 4.78 is 10.8. The van der Waals surface area contributed by atoms with Crippen LogP contribution in [0.25, 0.3) is 0 Å². The van der Waals surface area contributed by atoms with Crippen LogP contribution in [0.2, 0.25) is 0 Å². The largest absolute Gasteiger partial charge is 0.483 e. The number of aryl methyl sites for hydroxylation is 2. The monoisotopic (exact) mass is 385 g/mol. The van der Waals surface area contributed by atoms with Crippen LogP contribution in [-0.4, -0.2) is 35.8 Å². The lowest BCUT2D eigenvalue weighted by atomic mass is 10.1. The zero-order valence-corrected chi connectivity index (χ0v) is 15.9. The van der Waals surface area contributed by atoms with E-state index in [4.69, 9.17) is 9.15 Å². The van der Waals surface area contributed by atoms with Crippen LogP contribution in [0.5, 0.6) is 5.75 Å². The van der Waals surface area contributed by atoms with Gasteiger partial charge < -0.3 is 14.1 Å². The summed E-state index contributed by atoms with van der Waals surface area (Å²) >= 11 is 0. The van der Waals surface area contributed by atoms with Gasteiger partial charge in [0.2, 0.25) is 11.8 Å². The molecule has 148 valence electrons. The van der Waals surface area contributed by atoms with Gasteiger partial charge in [-0.25, -0.2) is 0 Å². The highest BCUT2D eigenvalue weighted by molar-refractivity contribution is 5.90. The number of ether oxygens (including phenoxy) is 1. The maximum Gasteiger partial charge on any atom is 0.276 e. The lowest BCUT2D eigenvalue weighted by Gasteiger charge is -2.15. The lowest BCUT2D eigenvalue weighted by molar-refractivity contribution is -0.132. The quantitative estimate of drug-likeness (QED) is 0.734. The molecule has 1 fully saturated rings. The maximum absolute atomic E-state index is 12.3. The van der Waals surface area contributed by atoms with Crippen LogP contribution in [0.3, 0.4) is 0 Å². The molecule has 3 rings (SSSR count). The standard InChI is InChI=1S/C20H23N3O5/c1-13-5-3-6-14(2)19(13)28-12-17(24)21-22-20(26)15-9-18(25)23(10-15)11-16-7-4-8-27-16/h3-8,15H,9-12H2,1-2H3,(H,21,24)(H,22,26). The third kappa shape index (κ3) is 4.70. The van der Waals surface area contributed by atoms with Crippen molar-refractivity contribution >= 4 is 17.7 Å². The predicted octanol–water partition coefficient (Wildman–Crippen LogP) is 1.47. The highest BCUT2D eigenvalue weighted by Crippen LogP contribution is 2.22. The smallest absolute Gasteiger partial charge is 0.276 e. The van der Waals surface area contributed by atoms with Gasteiger partial charge in [-0.15, -0.1) is 0 Å². The average Bonchev–Trinajstić information content (AvgIpc) is 3.30. The Balaban J connectivity index is 1.43. The molecular weight excluding hydrogens is 362 g/mol. The molecule has 0 saturated carbocycles. The van der Waals surface area contributed by atoms with Gasteiger partial charge in [0.15, 0.2) is 6.61 Å². The number of hydrazine groups is 1. The summed E-state index contributed by atoms with van der Waals surface area (Å²) in [5, 5.41) is 0. The van der Waals surface area contributed by atoms with Crippen molar-refractivity contribution in [1.29, 1.82) is 0 Å². The first-order chi connectivity index (χ1) is 13.4. The number of amides is 3. The van der Waals surface area contributed by atoms with Gasteiger partial charge in [-0.2, -0.15) is 0 Å². The van der Waals surface area contributed by atoms with Crippen molar-refractivity contribution < 1.29 is 23.5 Å². The second-order valence-corrected chi connectivity index (χ2v) is 6.80. The zero-order chi connectivity index (χ0) is 20.1. The molecule has 1 aliphatic rings. The first-order valence-electron chi connectivity index (χ1n) is 9.02. The summed E-state index contributed by atoms with van der Waals surface area (Å²) in [6.45, 7) is 4.17. The fraction of sp³-hybridized carbons (Fsp3) is 0.350. The van der Waals surface area contributed by atoms with E-state index in [2.05, 4.69) is 10.9 Å². The molecule has 2 heterocycles. The molecule has 28 heavy (non-hydrogen) atoms. The summed E-state index contributed by atoms with van der Waals surface area (Å²) in [5.74, 6) is -0.225. The summed E-state index contributed by atoms with van der Waals surface area (Å²) in [7, 11) is 0. The molecule has 1 aromatic heterocycles. The van der Waals surface area contributed by atoms with Crippen molar-refractivity contribution in [3.8, 4) is 5.75 Å². The Labute approximate surface area is 162 Å². The Morgan fingerprint density at radius 3 is 2.61 bits per heavy atom. The molecule has 1 aromatic carbocycles. The summed E-state index contributed by atoms with van der Waals surface area (Å²) in [5.41, 5.74) is 6.56. The van der Waals surface area contributed by atoms with Crippen molar-refractivity contribution in [3.05, 3.63) is 53.5 Å². The number of benzene rings is 1. The van der Waals surface area contributed by atoms with E-state index in [0.717, 1.165) is 11.1 Å². The van der Waals surface area contributed by atoms with Crippen LogP contribution in [0, 0.1) is 19.8 Å². The van der Waals surface area contributed by atoms with Gasteiger partial charge in [-0.3, -0.25) is 25.2 Å². The number of hydrogen-bond donors (Lipinski definition) is 2. The third-order valence-electron chi connectivity index (χ3n) is 4.59. The van der Waals surface area contributed by atoms with E-state index < -0.39 is 17.7 Å². The van der Waals surface area contributed by atoms with Crippen LogP contribution in [-0.2, 0) is 20.9 Å². The molecule has 1 aliphatic heterocycles. The van der Waals surface area contributed by atoms with Crippen LogP contribution in [0.1, 0.15) is 23.3 Å². The molecule has 2 aromatic rings. The van der Waals surface area contributed by atoms with Crippen LogP contribution in [0.4, 0.5) is 0 Å². The highest BCUT2D eigenvalue weighted by Gasteiger charge is 2.34. The van der Waals surface area contributed by atoms with E-state index >= 15 is 0 Å². The fourth-order valence-electron chi connectivity index (χ4n) is 3.13. The Bertz CT molecular complexity index is 842. The molecule has 8 heteroatoms. The van der Waals surface area contributed by atoms with Gasteiger partial charge in [-0.05, 0) is 37.1 Å². The van der Waals surface area contributed by atoms with Crippen LogP contribution >= 0.6 is 0 Å². The van der Waals surface area contributed by atoms with Gasteiger partial charge in [0.1, 0.15) is 11.5 Å². The molecule has 1 unspecified atom stereocenters. The predicted molar refractivity (Wildman–Crippen MR) is 99.9 cm³/mol. The summed E-state index contributed by atoms with van der Waals surface area (Å²) in [6.07, 6.45) is 1.64. The number of nitrogens with one attached hydrogen (secondary N) is 2. The second kappa shape index (κ2) is 8.60. The average molecular weight is 385 g/mol. The number of nitrogens with zero attached hydrogens (tertiary/aromatic N) is 1. The minimum absolute atomic E-state index is 0.0985. The van der Waals surface area contributed by atoms with E-state index in [1.165, 1.54) is 6.26 Å². The molecule has 1 saturated heterocycles. The molecule has 1 atom stereocenters. The Morgan fingerprint density at radius 1 is 1.18 bits per heavy atom. The molecule has 0 spiro atoms.